The van der Waals surface area contributed by atoms with E-state index in [0.29, 0.717) is 18.0 Å². The minimum absolute atomic E-state index is 0.0633. The van der Waals surface area contributed by atoms with Crippen molar-refractivity contribution in [1.29, 1.82) is 0 Å². The van der Waals surface area contributed by atoms with Crippen molar-refractivity contribution in [3.8, 4) is 0 Å². The maximum Gasteiger partial charge on any atom is 0.410 e. The Hall–Kier alpha value is -2.00. The predicted molar refractivity (Wildman–Crippen MR) is 89.3 cm³/mol. The third-order valence-corrected chi connectivity index (χ3v) is 4.57. The fourth-order valence-electron chi connectivity index (χ4n) is 2.20. The van der Waals surface area contributed by atoms with Crippen LogP contribution in [-0.2, 0) is 9.53 Å². The summed E-state index contributed by atoms with van der Waals surface area (Å²) in [6, 6.07) is 2.22. The largest absolute Gasteiger partial charge is 0.477 e. The standard InChI is InChI=1S/C14H16N2O5S2/c1-2-5-21-14(20)16-7-8(22)6-9(16)12(17)15-11-4-3-10(23-11)13(18)19/h2-4,8-9,22H,1,5-7H2,(H,15,17)(H,18,19). The minimum atomic E-state index is -1.05. The summed E-state index contributed by atoms with van der Waals surface area (Å²) in [5.74, 6) is -1.45. The van der Waals surface area contributed by atoms with Crippen LogP contribution in [-0.4, -0.2) is 52.4 Å². The van der Waals surface area contributed by atoms with Gasteiger partial charge in [-0.3, -0.25) is 9.69 Å². The second kappa shape index (κ2) is 7.51. The first kappa shape index (κ1) is 17.4. The number of carbonyl (C=O) groups is 3. The summed E-state index contributed by atoms with van der Waals surface area (Å²) >= 11 is 5.28. The number of likely N-dealkylation sites (tertiary alicyclic amines) is 1. The first-order valence-corrected chi connectivity index (χ1v) is 8.12. The van der Waals surface area contributed by atoms with Gasteiger partial charge in [0.1, 0.15) is 17.5 Å². The van der Waals surface area contributed by atoms with Gasteiger partial charge >= 0.3 is 12.1 Å². The summed E-state index contributed by atoms with van der Waals surface area (Å²) in [4.78, 5) is 36.6. The second-order valence-electron chi connectivity index (χ2n) is 4.88. The van der Waals surface area contributed by atoms with Crippen LogP contribution in [0.25, 0.3) is 0 Å². The molecule has 0 radical (unpaired) electrons. The molecule has 1 fully saturated rings. The molecule has 2 unspecified atom stereocenters. The summed E-state index contributed by atoms with van der Waals surface area (Å²) in [5, 5.41) is 11.8. The molecule has 2 amide bonds. The van der Waals surface area contributed by atoms with E-state index in [4.69, 9.17) is 9.84 Å². The Balaban J connectivity index is 2.04. The highest BCUT2D eigenvalue weighted by atomic mass is 32.1. The Morgan fingerprint density at radius 1 is 1.52 bits per heavy atom. The van der Waals surface area contributed by atoms with Crippen LogP contribution >= 0.6 is 24.0 Å². The molecule has 2 heterocycles. The van der Waals surface area contributed by atoms with Gasteiger partial charge in [-0.15, -0.1) is 11.3 Å². The third kappa shape index (κ3) is 4.26. The maximum absolute atomic E-state index is 12.4. The van der Waals surface area contributed by atoms with Gasteiger partial charge in [-0.1, -0.05) is 12.7 Å². The number of aromatic carboxylic acids is 1. The van der Waals surface area contributed by atoms with Gasteiger partial charge in [-0.2, -0.15) is 12.6 Å². The van der Waals surface area contributed by atoms with E-state index < -0.39 is 24.0 Å². The molecule has 0 saturated carbocycles. The number of rotatable bonds is 5. The fraction of sp³-hybridized carbons (Fsp3) is 0.357. The highest BCUT2D eigenvalue weighted by Gasteiger charge is 2.39. The summed E-state index contributed by atoms with van der Waals surface area (Å²) in [6.07, 6.45) is 1.24. The third-order valence-electron chi connectivity index (χ3n) is 3.20. The Labute approximate surface area is 142 Å². The van der Waals surface area contributed by atoms with Crippen LogP contribution in [0.1, 0.15) is 16.1 Å². The molecule has 0 spiro atoms. The molecule has 2 N–H and O–H groups in total. The average Bonchev–Trinajstić information content (AvgIpc) is 3.11. The quantitative estimate of drug-likeness (QED) is 0.554. The fourth-order valence-corrected chi connectivity index (χ4v) is 3.33. The Bertz CT molecular complexity index is 630. The number of nitrogens with zero attached hydrogens (tertiary/aromatic N) is 1. The van der Waals surface area contributed by atoms with Crippen LogP contribution in [0, 0.1) is 0 Å². The molecular weight excluding hydrogens is 340 g/mol. The SMILES string of the molecule is C=CCOC(=O)N1CC(S)CC1C(=O)Nc1ccc(C(=O)O)s1. The lowest BCUT2D eigenvalue weighted by Crippen LogP contribution is -2.43. The van der Waals surface area contributed by atoms with Crippen molar-refractivity contribution in [3.05, 3.63) is 29.7 Å². The van der Waals surface area contributed by atoms with Crippen molar-refractivity contribution >= 4 is 46.9 Å². The van der Waals surface area contributed by atoms with Crippen molar-refractivity contribution in [2.24, 2.45) is 0 Å². The Morgan fingerprint density at radius 2 is 2.26 bits per heavy atom. The van der Waals surface area contributed by atoms with Crippen LogP contribution in [0.5, 0.6) is 0 Å². The first-order chi connectivity index (χ1) is 10.9. The van der Waals surface area contributed by atoms with Crippen LogP contribution < -0.4 is 5.32 Å². The molecule has 1 aromatic heterocycles. The molecule has 2 atom stereocenters. The molecule has 7 nitrogen and oxygen atoms in total. The Kier molecular flexibility index (Phi) is 5.67. The van der Waals surface area contributed by atoms with Crippen molar-refractivity contribution in [2.75, 3.05) is 18.5 Å². The predicted octanol–water partition coefficient (Wildman–Crippen LogP) is 2.08. The number of amides is 2. The van der Waals surface area contributed by atoms with E-state index in [1.165, 1.54) is 23.1 Å². The number of carboxylic acids is 1. The molecule has 1 aliphatic rings. The number of hydrogen-bond donors (Lipinski definition) is 3. The minimum Gasteiger partial charge on any atom is -0.477 e. The number of carbonyl (C=O) groups excluding carboxylic acids is 2. The number of anilines is 1. The zero-order chi connectivity index (χ0) is 17.0. The van der Waals surface area contributed by atoms with Gasteiger partial charge in [-0.25, -0.2) is 9.59 Å². The van der Waals surface area contributed by atoms with Crippen molar-refractivity contribution < 1.29 is 24.2 Å². The number of hydrogen-bond acceptors (Lipinski definition) is 6. The van der Waals surface area contributed by atoms with Gasteiger partial charge in [0, 0.05) is 11.8 Å². The van der Waals surface area contributed by atoms with E-state index in [9.17, 15) is 14.4 Å². The maximum atomic E-state index is 12.4. The van der Waals surface area contributed by atoms with Crippen molar-refractivity contribution in [3.63, 3.8) is 0 Å². The lowest BCUT2D eigenvalue weighted by atomic mass is 10.2. The molecule has 23 heavy (non-hydrogen) atoms. The van der Waals surface area contributed by atoms with E-state index in [-0.39, 0.29) is 16.7 Å². The summed E-state index contributed by atoms with van der Waals surface area (Å²) in [7, 11) is 0. The van der Waals surface area contributed by atoms with E-state index in [1.54, 1.807) is 0 Å². The molecule has 0 aliphatic carbocycles. The first-order valence-electron chi connectivity index (χ1n) is 6.78. The van der Waals surface area contributed by atoms with E-state index in [2.05, 4.69) is 24.5 Å². The zero-order valence-corrected chi connectivity index (χ0v) is 13.8. The van der Waals surface area contributed by atoms with Crippen LogP contribution in [0.3, 0.4) is 0 Å². The topological polar surface area (TPSA) is 95.9 Å². The van der Waals surface area contributed by atoms with Gasteiger partial charge < -0.3 is 15.2 Å². The number of nitrogens with one attached hydrogen (secondary N) is 1. The lowest BCUT2D eigenvalue weighted by Gasteiger charge is -2.22. The number of ether oxygens (including phenoxy) is 1. The molecule has 9 heteroatoms. The normalized spacial score (nSPS) is 20.1. The molecule has 1 aliphatic heterocycles. The highest BCUT2D eigenvalue weighted by molar-refractivity contribution is 7.81. The van der Waals surface area contributed by atoms with Gasteiger partial charge in [0.15, 0.2) is 0 Å². The summed E-state index contributed by atoms with van der Waals surface area (Å²) in [5.41, 5.74) is 0. The molecular formula is C14H16N2O5S2. The van der Waals surface area contributed by atoms with E-state index >= 15 is 0 Å². The molecule has 1 saturated heterocycles. The summed E-state index contributed by atoms with van der Waals surface area (Å²) < 4.78 is 4.97. The zero-order valence-electron chi connectivity index (χ0n) is 12.1. The van der Waals surface area contributed by atoms with Crippen LogP contribution in [0.4, 0.5) is 9.80 Å². The van der Waals surface area contributed by atoms with Crippen molar-refractivity contribution in [1.82, 2.24) is 4.90 Å². The van der Waals surface area contributed by atoms with Gasteiger partial charge in [0.2, 0.25) is 5.91 Å². The van der Waals surface area contributed by atoms with Gasteiger partial charge in [0.25, 0.3) is 0 Å². The highest BCUT2D eigenvalue weighted by Crippen LogP contribution is 2.26. The van der Waals surface area contributed by atoms with E-state index in [0.717, 1.165) is 11.3 Å². The van der Waals surface area contributed by atoms with Crippen LogP contribution in [0.15, 0.2) is 24.8 Å². The molecule has 0 aromatic carbocycles. The molecule has 0 bridgehead atoms. The molecule has 124 valence electrons. The van der Waals surface area contributed by atoms with Gasteiger partial charge in [-0.05, 0) is 18.6 Å². The number of thiophene rings is 1. The van der Waals surface area contributed by atoms with Crippen molar-refractivity contribution in [2.45, 2.75) is 17.7 Å². The lowest BCUT2D eigenvalue weighted by molar-refractivity contribution is -0.120. The summed E-state index contributed by atoms with van der Waals surface area (Å²) in [6.45, 7) is 3.83. The number of carboxylic acid groups (broad SMARTS) is 1. The molecule has 2 rings (SSSR count). The molecule has 1 aromatic rings. The number of thiol groups is 1. The Morgan fingerprint density at radius 3 is 2.87 bits per heavy atom. The second-order valence-corrected chi connectivity index (χ2v) is 6.70. The van der Waals surface area contributed by atoms with E-state index in [1.807, 2.05) is 0 Å². The van der Waals surface area contributed by atoms with Gasteiger partial charge in [0.05, 0.1) is 5.00 Å². The average molecular weight is 356 g/mol. The monoisotopic (exact) mass is 356 g/mol. The van der Waals surface area contributed by atoms with Crippen LogP contribution in [0.2, 0.25) is 0 Å². The smallest absolute Gasteiger partial charge is 0.410 e.